The van der Waals surface area contributed by atoms with Gasteiger partial charge >= 0.3 is 11.7 Å². The van der Waals surface area contributed by atoms with Crippen molar-refractivity contribution in [2.45, 2.75) is 13.0 Å². The molecule has 1 aliphatic heterocycles. The van der Waals surface area contributed by atoms with Crippen LogP contribution in [0.5, 0.6) is 11.5 Å². The number of nitro benzene ring substituents is 1. The second kappa shape index (κ2) is 8.49. The molecule has 2 amide bonds. The highest BCUT2D eigenvalue weighted by Crippen LogP contribution is 2.44. The molecule has 0 aliphatic carbocycles. The van der Waals surface area contributed by atoms with Crippen molar-refractivity contribution in [3.05, 3.63) is 86.1 Å². The SMILES string of the molecule is CCOc1cc([C@@H]2NC(=O)NC(c3ccccc3)=C2c2ccsc2)cc([N+](=O)[O-])c1O. The molecular weight excluding hydrogens is 418 g/mol. The fourth-order valence-electron chi connectivity index (χ4n) is 3.56. The van der Waals surface area contributed by atoms with Gasteiger partial charge < -0.3 is 20.5 Å². The first kappa shape index (κ1) is 20.4. The molecule has 1 atom stereocenters. The first-order valence-electron chi connectivity index (χ1n) is 9.53. The van der Waals surface area contributed by atoms with E-state index in [9.17, 15) is 20.0 Å². The molecule has 3 aromatic rings. The number of nitro groups is 1. The van der Waals surface area contributed by atoms with Crippen LogP contribution in [0.3, 0.4) is 0 Å². The fourth-order valence-corrected chi connectivity index (χ4v) is 4.22. The van der Waals surface area contributed by atoms with Crippen molar-refractivity contribution in [2.24, 2.45) is 0 Å². The smallest absolute Gasteiger partial charge is 0.320 e. The first-order valence-corrected chi connectivity index (χ1v) is 10.5. The lowest BCUT2D eigenvalue weighted by Gasteiger charge is -2.31. The van der Waals surface area contributed by atoms with Crippen molar-refractivity contribution < 1.29 is 19.6 Å². The third kappa shape index (κ3) is 3.95. The summed E-state index contributed by atoms with van der Waals surface area (Å²) >= 11 is 1.50. The topological polar surface area (TPSA) is 114 Å². The van der Waals surface area contributed by atoms with Crippen LogP contribution in [0.2, 0.25) is 0 Å². The van der Waals surface area contributed by atoms with E-state index in [4.69, 9.17) is 4.74 Å². The van der Waals surface area contributed by atoms with Gasteiger partial charge in [0.15, 0.2) is 5.75 Å². The van der Waals surface area contributed by atoms with Gasteiger partial charge in [0.25, 0.3) is 0 Å². The van der Waals surface area contributed by atoms with Crippen molar-refractivity contribution in [1.82, 2.24) is 10.6 Å². The van der Waals surface area contributed by atoms with E-state index in [1.807, 2.05) is 47.2 Å². The summed E-state index contributed by atoms with van der Waals surface area (Å²) in [7, 11) is 0. The summed E-state index contributed by atoms with van der Waals surface area (Å²) in [5, 5.41) is 31.4. The molecule has 2 aromatic carbocycles. The van der Waals surface area contributed by atoms with Crippen molar-refractivity contribution in [2.75, 3.05) is 6.61 Å². The number of carbonyl (C=O) groups excluding carboxylic acids is 1. The maximum atomic E-state index is 12.6. The molecule has 1 aromatic heterocycles. The zero-order valence-electron chi connectivity index (χ0n) is 16.5. The molecule has 4 rings (SSSR count). The average Bonchev–Trinajstić information content (AvgIpc) is 3.29. The minimum absolute atomic E-state index is 0.00888. The maximum Gasteiger partial charge on any atom is 0.320 e. The number of aromatic hydroxyl groups is 1. The summed E-state index contributed by atoms with van der Waals surface area (Å²) in [6, 6.07) is 13.0. The molecule has 0 saturated carbocycles. The molecule has 0 bridgehead atoms. The van der Waals surface area contributed by atoms with Crippen LogP contribution in [0.1, 0.15) is 29.7 Å². The van der Waals surface area contributed by atoms with E-state index in [1.165, 1.54) is 23.5 Å². The summed E-state index contributed by atoms with van der Waals surface area (Å²) in [6.07, 6.45) is 0. The maximum absolute atomic E-state index is 12.6. The molecule has 1 aliphatic rings. The van der Waals surface area contributed by atoms with Gasteiger partial charge in [0.2, 0.25) is 5.75 Å². The summed E-state index contributed by atoms with van der Waals surface area (Å²) in [5.74, 6) is -0.550. The minimum atomic E-state index is -0.697. The highest BCUT2D eigenvalue weighted by Gasteiger charge is 2.33. The van der Waals surface area contributed by atoms with E-state index < -0.39 is 28.4 Å². The highest BCUT2D eigenvalue weighted by molar-refractivity contribution is 7.08. The predicted octanol–water partition coefficient (Wildman–Crippen LogP) is 4.68. The number of urea groups is 1. The number of hydrogen-bond acceptors (Lipinski definition) is 6. The van der Waals surface area contributed by atoms with E-state index in [0.29, 0.717) is 11.3 Å². The van der Waals surface area contributed by atoms with E-state index >= 15 is 0 Å². The largest absolute Gasteiger partial charge is 0.500 e. The summed E-state index contributed by atoms with van der Waals surface area (Å²) in [5.41, 5.74) is 2.99. The number of phenols is 1. The summed E-state index contributed by atoms with van der Waals surface area (Å²) in [6.45, 7) is 1.93. The Morgan fingerprint density at radius 3 is 2.61 bits per heavy atom. The molecule has 0 spiro atoms. The monoisotopic (exact) mass is 437 g/mol. The Bertz CT molecular complexity index is 1160. The highest BCUT2D eigenvalue weighted by atomic mass is 32.1. The van der Waals surface area contributed by atoms with Crippen LogP contribution in [-0.2, 0) is 0 Å². The van der Waals surface area contributed by atoms with Crippen LogP contribution < -0.4 is 15.4 Å². The second-order valence-corrected chi connectivity index (χ2v) is 7.56. The Hall–Kier alpha value is -3.85. The van der Waals surface area contributed by atoms with E-state index in [1.54, 1.807) is 6.92 Å². The number of nitrogens with one attached hydrogen (secondary N) is 2. The number of phenolic OH excluding ortho intramolecular Hbond substituents is 1. The van der Waals surface area contributed by atoms with Crippen LogP contribution in [-0.4, -0.2) is 22.7 Å². The Labute approximate surface area is 182 Å². The Kier molecular flexibility index (Phi) is 5.59. The van der Waals surface area contributed by atoms with Gasteiger partial charge in [-0.25, -0.2) is 4.79 Å². The number of nitrogens with zero attached hydrogens (tertiary/aromatic N) is 1. The number of thiophene rings is 1. The molecule has 158 valence electrons. The van der Waals surface area contributed by atoms with Crippen LogP contribution in [0.4, 0.5) is 10.5 Å². The third-order valence-corrected chi connectivity index (χ3v) is 5.56. The standard InChI is InChI=1S/C22H19N3O5S/c1-2-30-17-11-15(10-16(21(17)26)25(28)29)20-18(14-8-9-31-12-14)19(23-22(27)24-20)13-6-4-3-5-7-13/h3-12,20,26H,2H2,1H3,(H2,23,24,27)/t20-/m0/s1. The van der Waals surface area contributed by atoms with Gasteiger partial charge in [-0.05, 0) is 46.5 Å². The molecule has 0 radical (unpaired) electrons. The van der Waals surface area contributed by atoms with E-state index in [2.05, 4.69) is 10.6 Å². The molecule has 8 nitrogen and oxygen atoms in total. The molecule has 0 unspecified atom stereocenters. The summed E-state index contributed by atoms with van der Waals surface area (Å²) in [4.78, 5) is 23.5. The van der Waals surface area contributed by atoms with Crippen LogP contribution in [0.25, 0.3) is 11.3 Å². The number of hydrogen-bond donors (Lipinski definition) is 3. The predicted molar refractivity (Wildman–Crippen MR) is 118 cm³/mol. The number of rotatable bonds is 6. The third-order valence-electron chi connectivity index (χ3n) is 4.87. The Balaban J connectivity index is 1.96. The average molecular weight is 437 g/mol. The normalized spacial score (nSPS) is 15.9. The fraction of sp³-hybridized carbons (Fsp3) is 0.136. The molecule has 2 heterocycles. The van der Waals surface area contributed by atoms with Gasteiger partial charge in [-0.1, -0.05) is 30.3 Å². The van der Waals surface area contributed by atoms with Crippen LogP contribution >= 0.6 is 11.3 Å². The number of carbonyl (C=O) groups is 1. The molecule has 31 heavy (non-hydrogen) atoms. The van der Waals surface area contributed by atoms with Crippen molar-refractivity contribution in [1.29, 1.82) is 0 Å². The van der Waals surface area contributed by atoms with Crippen LogP contribution in [0, 0.1) is 10.1 Å². The van der Waals surface area contributed by atoms with Crippen molar-refractivity contribution >= 4 is 34.3 Å². The lowest BCUT2D eigenvalue weighted by atomic mass is 9.88. The molecular formula is C22H19N3O5S. The van der Waals surface area contributed by atoms with Crippen LogP contribution in [0.15, 0.2) is 59.3 Å². The first-order chi connectivity index (χ1) is 15.0. The lowest BCUT2D eigenvalue weighted by molar-refractivity contribution is -0.386. The number of benzene rings is 2. The van der Waals surface area contributed by atoms with Gasteiger partial charge in [0.1, 0.15) is 0 Å². The zero-order valence-corrected chi connectivity index (χ0v) is 17.3. The van der Waals surface area contributed by atoms with Crippen molar-refractivity contribution in [3.8, 4) is 11.5 Å². The van der Waals surface area contributed by atoms with E-state index in [-0.39, 0.29) is 12.4 Å². The lowest BCUT2D eigenvalue weighted by Crippen LogP contribution is -2.42. The molecule has 9 heteroatoms. The second-order valence-electron chi connectivity index (χ2n) is 6.78. The molecule has 3 N–H and O–H groups in total. The minimum Gasteiger partial charge on any atom is -0.500 e. The number of amides is 2. The zero-order chi connectivity index (χ0) is 22.0. The Morgan fingerprint density at radius 2 is 1.97 bits per heavy atom. The van der Waals surface area contributed by atoms with E-state index in [0.717, 1.165) is 16.7 Å². The molecule has 0 saturated heterocycles. The van der Waals surface area contributed by atoms with Gasteiger partial charge in [-0.15, -0.1) is 0 Å². The van der Waals surface area contributed by atoms with Gasteiger partial charge in [0, 0.05) is 11.6 Å². The van der Waals surface area contributed by atoms with Gasteiger partial charge in [-0.3, -0.25) is 10.1 Å². The summed E-state index contributed by atoms with van der Waals surface area (Å²) < 4.78 is 5.43. The van der Waals surface area contributed by atoms with Gasteiger partial charge in [-0.2, -0.15) is 11.3 Å². The Morgan fingerprint density at radius 1 is 1.19 bits per heavy atom. The van der Waals surface area contributed by atoms with Crippen molar-refractivity contribution in [3.63, 3.8) is 0 Å². The van der Waals surface area contributed by atoms with Gasteiger partial charge in [0.05, 0.1) is 23.3 Å². The molecule has 0 fully saturated rings. The quantitative estimate of drug-likeness (QED) is 0.383. The number of ether oxygens (including phenoxy) is 1.